The standard InChI is InChI=1S/C24H17N5O2S/c30-21-19(20(26-27-21)16-10-4-1-5-11-16)24-29(18-14-8-3-9-15-18)28-23(32-24)22(31)25-17-12-6-2-7-13-17/h1-15H,(H,25,31)(H,27,30). The molecule has 7 nitrogen and oxygen atoms in total. The SMILES string of the molecule is O=C(Nc1ccccc1)C1=NN(c2ccccc2)C(=C2C(=O)NN=C2c2ccccc2)S1. The summed E-state index contributed by atoms with van der Waals surface area (Å²) in [5, 5.41) is 14.0. The highest BCUT2D eigenvalue weighted by Crippen LogP contribution is 2.38. The number of benzene rings is 3. The first-order valence-electron chi connectivity index (χ1n) is 9.87. The van der Waals surface area contributed by atoms with E-state index in [9.17, 15) is 9.59 Å². The topological polar surface area (TPSA) is 86.2 Å². The fraction of sp³-hybridized carbons (Fsp3) is 0. The summed E-state index contributed by atoms with van der Waals surface area (Å²) in [4.78, 5) is 25.8. The summed E-state index contributed by atoms with van der Waals surface area (Å²) in [6, 6.07) is 28.0. The van der Waals surface area contributed by atoms with Gasteiger partial charge < -0.3 is 5.32 Å². The van der Waals surface area contributed by atoms with Gasteiger partial charge >= 0.3 is 0 Å². The first-order chi connectivity index (χ1) is 15.7. The van der Waals surface area contributed by atoms with Crippen LogP contribution in [0.25, 0.3) is 0 Å². The number of nitrogens with one attached hydrogen (secondary N) is 2. The van der Waals surface area contributed by atoms with Crippen LogP contribution >= 0.6 is 11.8 Å². The third kappa shape index (κ3) is 3.79. The third-order valence-corrected chi connectivity index (χ3v) is 5.83. The Hall–Kier alpha value is -4.17. The van der Waals surface area contributed by atoms with E-state index in [1.807, 2.05) is 78.9 Å². The molecule has 3 aromatic rings. The number of rotatable bonds is 4. The van der Waals surface area contributed by atoms with Crippen LogP contribution in [0.2, 0.25) is 0 Å². The first-order valence-corrected chi connectivity index (χ1v) is 10.7. The average molecular weight is 440 g/mol. The van der Waals surface area contributed by atoms with Crippen molar-refractivity contribution < 1.29 is 9.59 Å². The number of anilines is 2. The number of carbonyl (C=O) groups excluding carboxylic acids is 2. The van der Waals surface area contributed by atoms with E-state index in [-0.39, 0.29) is 16.9 Å². The van der Waals surface area contributed by atoms with E-state index in [4.69, 9.17) is 0 Å². The van der Waals surface area contributed by atoms with Crippen molar-refractivity contribution in [3.63, 3.8) is 0 Å². The lowest BCUT2D eigenvalue weighted by Gasteiger charge is -2.17. The number of para-hydroxylation sites is 2. The molecule has 0 saturated heterocycles. The van der Waals surface area contributed by atoms with Crippen molar-refractivity contribution in [2.45, 2.75) is 0 Å². The van der Waals surface area contributed by atoms with Gasteiger partial charge in [0.25, 0.3) is 11.8 Å². The molecule has 0 aromatic heterocycles. The molecule has 0 spiro atoms. The zero-order valence-corrected chi connectivity index (χ0v) is 17.5. The normalized spacial score (nSPS) is 17.6. The lowest BCUT2D eigenvalue weighted by Crippen LogP contribution is -2.20. The summed E-state index contributed by atoms with van der Waals surface area (Å²) in [5.74, 6) is -0.693. The molecule has 32 heavy (non-hydrogen) atoms. The molecule has 2 amide bonds. The highest BCUT2D eigenvalue weighted by Gasteiger charge is 2.36. The largest absolute Gasteiger partial charge is 0.320 e. The maximum absolute atomic E-state index is 12.9. The van der Waals surface area contributed by atoms with Crippen molar-refractivity contribution in [1.29, 1.82) is 0 Å². The monoisotopic (exact) mass is 439 g/mol. The molecule has 0 unspecified atom stereocenters. The Labute approximate surface area is 188 Å². The van der Waals surface area contributed by atoms with Gasteiger partial charge in [0.05, 0.1) is 5.69 Å². The van der Waals surface area contributed by atoms with Crippen LogP contribution in [0.1, 0.15) is 5.56 Å². The fourth-order valence-corrected chi connectivity index (χ4v) is 4.29. The van der Waals surface area contributed by atoms with Gasteiger partial charge in [-0.25, -0.2) is 10.4 Å². The van der Waals surface area contributed by atoms with Crippen LogP contribution in [0.3, 0.4) is 0 Å². The molecule has 0 aliphatic carbocycles. The van der Waals surface area contributed by atoms with E-state index < -0.39 is 0 Å². The van der Waals surface area contributed by atoms with Gasteiger partial charge in [0.1, 0.15) is 16.3 Å². The minimum Gasteiger partial charge on any atom is -0.320 e. The molecular formula is C24H17N5O2S. The Bertz CT molecular complexity index is 1270. The minimum absolute atomic E-state index is 0.229. The van der Waals surface area contributed by atoms with Crippen molar-refractivity contribution in [3.05, 3.63) is 107 Å². The first kappa shape index (κ1) is 19.8. The zero-order chi connectivity index (χ0) is 21.9. The molecule has 2 aliphatic heterocycles. The molecule has 0 saturated carbocycles. The van der Waals surface area contributed by atoms with E-state index in [2.05, 4.69) is 20.9 Å². The van der Waals surface area contributed by atoms with E-state index in [0.29, 0.717) is 22.0 Å². The van der Waals surface area contributed by atoms with Crippen molar-refractivity contribution in [2.24, 2.45) is 10.2 Å². The van der Waals surface area contributed by atoms with Gasteiger partial charge in [0, 0.05) is 11.3 Å². The van der Waals surface area contributed by atoms with Crippen LogP contribution in [0.15, 0.2) is 112 Å². The van der Waals surface area contributed by atoms with Crippen molar-refractivity contribution in [1.82, 2.24) is 5.43 Å². The second-order valence-corrected chi connectivity index (χ2v) is 7.90. The molecule has 0 atom stereocenters. The summed E-state index contributed by atoms with van der Waals surface area (Å²) in [6.07, 6.45) is 0. The zero-order valence-electron chi connectivity index (χ0n) is 16.7. The summed E-state index contributed by atoms with van der Waals surface area (Å²) >= 11 is 1.14. The number of hydrazone groups is 2. The highest BCUT2D eigenvalue weighted by molar-refractivity contribution is 8.19. The molecule has 156 valence electrons. The number of hydrogen-bond donors (Lipinski definition) is 2. The second-order valence-electron chi connectivity index (χ2n) is 6.92. The number of nitrogens with zero attached hydrogens (tertiary/aromatic N) is 3. The minimum atomic E-state index is -0.352. The Morgan fingerprint density at radius 1 is 0.875 bits per heavy atom. The van der Waals surface area contributed by atoms with E-state index in [0.717, 1.165) is 23.0 Å². The highest BCUT2D eigenvalue weighted by atomic mass is 32.2. The van der Waals surface area contributed by atoms with Crippen LogP contribution in [0.5, 0.6) is 0 Å². The van der Waals surface area contributed by atoms with Crippen LogP contribution in [0.4, 0.5) is 11.4 Å². The average Bonchev–Trinajstić information content (AvgIpc) is 3.44. The lowest BCUT2D eigenvalue weighted by atomic mass is 10.0. The van der Waals surface area contributed by atoms with Gasteiger partial charge in [0.2, 0.25) is 0 Å². The molecule has 2 N–H and O–H groups in total. The Morgan fingerprint density at radius 2 is 1.50 bits per heavy atom. The third-order valence-electron chi connectivity index (χ3n) is 4.80. The molecule has 2 aliphatic rings. The summed E-state index contributed by atoms with van der Waals surface area (Å²) in [7, 11) is 0. The van der Waals surface area contributed by atoms with Crippen LogP contribution < -0.4 is 15.8 Å². The van der Waals surface area contributed by atoms with Gasteiger partial charge in [-0.05, 0) is 36.0 Å². The number of thioether (sulfide) groups is 1. The Balaban J connectivity index is 1.56. The van der Waals surface area contributed by atoms with Gasteiger partial charge in [-0.15, -0.1) is 0 Å². The quantitative estimate of drug-likeness (QED) is 0.603. The van der Waals surface area contributed by atoms with Gasteiger partial charge in [-0.3, -0.25) is 9.59 Å². The van der Waals surface area contributed by atoms with Crippen molar-refractivity contribution in [2.75, 3.05) is 10.3 Å². The molecule has 8 heteroatoms. The van der Waals surface area contributed by atoms with Gasteiger partial charge in [0.15, 0.2) is 5.04 Å². The number of hydrogen-bond acceptors (Lipinski definition) is 6. The number of carbonyl (C=O) groups is 2. The maximum atomic E-state index is 12.9. The van der Waals surface area contributed by atoms with E-state index >= 15 is 0 Å². The molecule has 0 bridgehead atoms. The molecular weight excluding hydrogens is 422 g/mol. The van der Waals surface area contributed by atoms with E-state index in [1.54, 1.807) is 17.1 Å². The lowest BCUT2D eigenvalue weighted by molar-refractivity contribution is -0.116. The molecule has 0 fully saturated rings. The summed E-state index contributed by atoms with van der Waals surface area (Å²) in [6.45, 7) is 0. The van der Waals surface area contributed by atoms with E-state index in [1.165, 1.54) is 0 Å². The maximum Gasteiger partial charge on any atom is 0.283 e. The predicted molar refractivity (Wildman–Crippen MR) is 127 cm³/mol. The molecule has 3 aromatic carbocycles. The molecule has 0 radical (unpaired) electrons. The van der Waals surface area contributed by atoms with Crippen LogP contribution in [0, 0.1) is 0 Å². The van der Waals surface area contributed by atoms with Gasteiger partial charge in [-0.2, -0.15) is 10.2 Å². The number of amides is 2. The van der Waals surface area contributed by atoms with Crippen molar-refractivity contribution in [3.8, 4) is 0 Å². The second kappa shape index (κ2) is 8.52. The summed E-state index contributed by atoms with van der Waals surface area (Å²) < 4.78 is 0. The fourth-order valence-electron chi connectivity index (χ4n) is 3.32. The van der Waals surface area contributed by atoms with Crippen LogP contribution in [-0.4, -0.2) is 22.6 Å². The van der Waals surface area contributed by atoms with Crippen LogP contribution in [-0.2, 0) is 9.59 Å². The van der Waals surface area contributed by atoms with Crippen molar-refractivity contribution >= 4 is 45.7 Å². The molecule has 2 heterocycles. The predicted octanol–water partition coefficient (Wildman–Crippen LogP) is 3.94. The Morgan fingerprint density at radius 3 is 2.19 bits per heavy atom. The smallest absolute Gasteiger partial charge is 0.283 e. The summed E-state index contributed by atoms with van der Waals surface area (Å²) in [5.41, 5.74) is 5.63. The molecule has 5 rings (SSSR count). The Kier molecular flexibility index (Phi) is 5.27. The van der Waals surface area contributed by atoms with Gasteiger partial charge in [-0.1, -0.05) is 66.7 Å².